The quantitative estimate of drug-likeness (QED) is 0.746. The zero-order valence-electron chi connectivity index (χ0n) is 10.6. The second-order valence-corrected chi connectivity index (χ2v) is 5.99. The van der Waals surface area contributed by atoms with Crippen LogP contribution in [0.3, 0.4) is 0 Å². The molecule has 1 aromatic heterocycles. The average Bonchev–Trinajstić information content (AvgIpc) is 2.43. The molecular weight excluding hydrogens is 363 g/mol. The van der Waals surface area contributed by atoms with Crippen molar-refractivity contribution in [3.05, 3.63) is 62.3 Å². The Hall–Kier alpha value is -1.10. The molecule has 0 radical (unpaired) electrons. The smallest absolute Gasteiger partial charge is 0.257 e. The van der Waals surface area contributed by atoms with Crippen molar-refractivity contribution in [2.24, 2.45) is 0 Å². The maximum absolute atomic E-state index is 12.3. The van der Waals surface area contributed by atoms with E-state index in [9.17, 15) is 4.79 Å². The molecule has 104 valence electrons. The van der Waals surface area contributed by atoms with Crippen LogP contribution in [0, 0.1) is 0 Å². The van der Waals surface area contributed by atoms with Crippen molar-refractivity contribution < 1.29 is 4.79 Å². The molecule has 1 heterocycles. The molecule has 1 aromatic carbocycles. The van der Waals surface area contributed by atoms with Gasteiger partial charge in [0.1, 0.15) is 5.15 Å². The van der Waals surface area contributed by atoms with E-state index in [1.165, 1.54) is 0 Å². The van der Waals surface area contributed by atoms with Gasteiger partial charge in [-0.1, -0.05) is 35.3 Å². The number of hydrogen-bond donors (Lipinski definition) is 0. The molecule has 0 saturated heterocycles. The zero-order valence-corrected chi connectivity index (χ0v) is 13.7. The molecule has 0 atom stereocenters. The van der Waals surface area contributed by atoms with E-state index < -0.39 is 0 Å². The minimum Gasteiger partial charge on any atom is -0.337 e. The Morgan fingerprint density at radius 2 is 1.95 bits per heavy atom. The van der Waals surface area contributed by atoms with E-state index in [1.54, 1.807) is 36.3 Å². The summed E-state index contributed by atoms with van der Waals surface area (Å²) in [6.07, 6.45) is 1.55. The van der Waals surface area contributed by atoms with E-state index in [4.69, 9.17) is 23.2 Å². The molecule has 1 amide bonds. The van der Waals surface area contributed by atoms with E-state index in [0.717, 1.165) is 5.56 Å². The van der Waals surface area contributed by atoms with Gasteiger partial charge in [-0.05, 0) is 39.7 Å². The van der Waals surface area contributed by atoms with Crippen LogP contribution in [-0.4, -0.2) is 22.8 Å². The van der Waals surface area contributed by atoms with Gasteiger partial charge in [0.2, 0.25) is 0 Å². The Labute approximate surface area is 135 Å². The van der Waals surface area contributed by atoms with Gasteiger partial charge in [-0.25, -0.2) is 4.98 Å². The topological polar surface area (TPSA) is 33.2 Å². The number of carbonyl (C=O) groups is 1. The monoisotopic (exact) mass is 372 g/mol. The summed E-state index contributed by atoms with van der Waals surface area (Å²) < 4.78 is 0.713. The summed E-state index contributed by atoms with van der Waals surface area (Å²) in [5.41, 5.74) is 1.36. The number of aromatic nitrogens is 1. The second kappa shape index (κ2) is 6.57. The van der Waals surface area contributed by atoms with Gasteiger partial charge in [0, 0.05) is 29.3 Å². The van der Waals surface area contributed by atoms with Crippen LogP contribution in [0.2, 0.25) is 10.2 Å². The van der Waals surface area contributed by atoms with Crippen LogP contribution >= 0.6 is 39.1 Å². The highest BCUT2D eigenvalue weighted by Crippen LogP contribution is 2.20. The molecule has 0 saturated carbocycles. The number of nitrogens with zero attached hydrogens (tertiary/aromatic N) is 2. The molecule has 2 rings (SSSR count). The number of carbonyl (C=O) groups excluding carboxylic acids is 1. The van der Waals surface area contributed by atoms with Crippen LogP contribution in [0.15, 0.2) is 41.0 Å². The first kappa shape index (κ1) is 15.3. The molecule has 0 N–H and O–H groups in total. The van der Waals surface area contributed by atoms with E-state index in [-0.39, 0.29) is 11.1 Å². The minimum atomic E-state index is -0.182. The van der Waals surface area contributed by atoms with E-state index in [0.29, 0.717) is 21.6 Å². The summed E-state index contributed by atoms with van der Waals surface area (Å²) >= 11 is 15.1. The Morgan fingerprint density at radius 1 is 1.30 bits per heavy atom. The lowest BCUT2D eigenvalue weighted by Crippen LogP contribution is -2.26. The Bertz CT molecular complexity index is 632. The third-order valence-corrected chi connectivity index (χ3v) is 3.70. The Balaban J connectivity index is 2.16. The third kappa shape index (κ3) is 3.72. The molecule has 0 bridgehead atoms. The normalized spacial score (nSPS) is 10.4. The minimum absolute atomic E-state index is 0.182. The van der Waals surface area contributed by atoms with Gasteiger partial charge in [-0.3, -0.25) is 4.79 Å². The summed E-state index contributed by atoms with van der Waals surface area (Å²) in [7, 11) is 1.72. The average molecular weight is 374 g/mol. The molecule has 0 aliphatic rings. The lowest BCUT2D eigenvalue weighted by Gasteiger charge is -2.18. The first-order valence-corrected chi connectivity index (χ1v) is 7.33. The van der Waals surface area contributed by atoms with Gasteiger partial charge in [0.05, 0.1) is 5.56 Å². The van der Waals surface area contributed by atoms with Crippen LogP contribution in [0.1, 0.15) is 15.9 Å². The van der Waals surface area contributed by atoms with Crippen LogP contribution in [0.4, 0.5) is 0 Å². The Kier molecular flexibility index (Phi) is 5.02. The predicted molar refractivity (Wildman–Crippen MR) is 84.2 cm³/mol. The van der Waals surface area contributed by atoms with Gasteiger partial charge in [0.25, 0.3) is 5.91 Å². The van der Waals surface area contributed by atoms with Crippen LogP contribution in [0.5, 0.6) is 0 Å². The number of benzene rings is 1. The number of hydrogen-bond acceptors (Lipinski definition) is 2. The molecule has 0 spiro atoms. The predicted octanol–water partition coefficient (Wildman–Crippen LogP) is 4.42. The highest BCUT2D eigenvalue weighted by atomic mass is 79.9. The number of halogens is 3. The Morgan fingerprint density at radius 3 is 2.60 bits per heavy atom. The van der Waals surface area contributed by atoms with Crippen molar-refractivity contribution in [1.82, 2.24) is 9.88 Å². The lowest BCUT2D eigenvalue weighted by molar-refractivity contribution is 0.0785. The molecule has 0 fully saturated rings. The molecule has 20 heavy (non-hydrogen) atoms. The largest absolute Gasteiger partial charge is 0.337 e. The highest BCUT2D eigenvalue weighted by Gasteiger charge is 2.16. The first-order valence-electron chi connectivity index (χ1n) is 5.78. The molecular formula is C14H11BrCl2N2O. The van der Waals surface area contributed by atoms with Crippen LogP contribution in [0.25, 0.3) is 0 Å². The van der Waals surface area contributed by atoms with Gasteiger partial charge >= 0.3 is 0 Å². The maximum atomic E-state index is 12.3. The first-order chi connectivity index (χ1) is 9.47. The van der Waals surface area contributed by atoms with Crippen LogP contribution < -0.4 is 0 Å². The second-order valence-electron chi connectivity index (χ2n) is 4.28. The van der Waals surface area contributed by atoms with E-state index in [1.807, 2.05) is 12.1 Å². The number of rotatable bonds is 3. The zero-order chi connectivity index (χ0) is 14.7. The molecule has 0 aliphatic heterocycles. The SMILES string of the molecule is CN(Cc1ccc(Cl)cc1)C(=O)c1cc(Br)cnc1Cl. The van der Waals surface area contributed by atoms with E-state index >= 15 is 0 Å². The molecule has 3 nitrogen and oxygen atoms in total. The molecule has 0 aliphatic carbocycles. The van der Waals surface area contributed by atoms with Gasteiger partial charge in [-0.2, -0.15) is 0 Å². The highest BCUT2D eigenvalue weighted by molar-refractivity contribution is 9.10. The standard InChI is InChI=1S/C14H11BrCl2N2O/c1-19(8-9-2-4-11(16)5-3-9)14(20)12-6-10(15)7-18-13(12)17/h2-7H,8H2,1H3. The third-order valence-electron chi connectivity index (χ3n) is 2.72. The summed E-state index contributed by atoms with van der Waals surface area (Å²) in [6, 6.07) is 9.02. The maximum Gasteiger partial charge on any atom is 0.257 e. The van der Waals surface area contributed by atoms with Crippen molar-refractivity contribution in [2.75, 3.05) is 7.05 Å². The van der Waals surface area contributed by atoms with E-state index in [2.05, 4.69) is 20.9 Å². The molecule has 2 aromatic rings. The molecule has 0 unspecified atom stereocenters. The van der Waals surface area contributed by atoms with Gasteiger partial charge < -0.3 is 4.90 Å². The van der Waals surface area contributed by atoms with Crippen molar-refractivity contribution in [3.63, 3.8) is 0 Å². The lowest BCUT2D eigenvalue weighted by atomic mass is 10.2. The van der Waals surface area contributed by atoms with Gasteiger partial charge in [0.15, 0.2) is 0 Å². The summed E-state index contributed by atoms with van der Waals surface area (Å²) in [6.45, 7) is 0.471. The fourth-order valence-corrected chi connectivity index (χ4v) is 2.36. The summed E-state index contributed by atoms with van der Waals surface area (Å²) in [5.74, 6) is -0.182. The fourth-order valence-electron chi connectivity index (χ4n) is 1.71. The number of amides is 1. The van der Waals surface area contributed by atoms with Crippen molar-refractivity contribution >= 4 is 45.0 Å². The van der Waals surface area contributed by atoms with Crippen molar-refractivity contribution in [2.45, 2.75) is 6.54 Å². The molecule has 6 heteroatoms. The van der Waals surface area contributed by atoms with Crippen molar-refractivity contribution in [1.29, 1.82) is 0 Å². The summed E-state index contributed by atoms with van der Waals surface area (Å²) in [4.78, 5) is 17.9. The van der Waals surface area contributed by atoms with Crippen molar-refractivity contribution in [3.8, 4) is 0 Å². The number of pyridine rings is 1. The summed E-state index contributed by atoms with van der Waals surface area (Å²) in [5, 5.41) is 0.864. The fraction of sp³-hybridized carbons (Fsp3) is 0.143. The van der Waals surface area contributed by atoms with Crippen LogP contribution in [-0.2, 0) is 6.54 Å². The van der Waals surface area contributed by atoms with Gasteiger partial charge in [-0.15, -0.1) is 0 Å².